The number of imidazole rings is 1. The molecule has 3 rings (SSSR count). The number of carbonyl (C=O) groups is 1. The average molecular weight is 279 g/mol. The molecule has 0 saturated heterocycles. The number of amides is 1. The summed E-state index contributed by atoms with van der Waals surface area (Å²) in [6.45, 7) is 1.92. The molecule has 3 aromatic rings. The molecule has 0 aliphatic heterocycles. The second-order valence-corrected chi connectivity index (χ2v) is 5.14. The third-order valence-electron chi connectivity index (χ3n) is 3.54. The molecule has 0 unspecified atom stereocenters. The zero-order valence-corrected chi connectivity index (χ0v) is 12.1. The molecule has 21 heavy (non-hydrogen) atoms. The summed E-state index contributed by atoms with van der Waals surface area (Å²) in [5.41, 5.74) is 3.79. The van der Waals surface area contributed by atoms with Crippen LogP contribution >= 0.6 is 0 Å². The molecule has 0 aliphatic rings. The van der Waals surface area contributed by atoms with Crippen molar-refractivity contribution in [3.05, 3.63) is 59.9 Å². The number of aromatic nitrogens is 2. The van der Waals surface area contributed by atoms with Crippen molar-refractivity contribution in [1.29, 1.82) is 0 Å². The molecule has 0 spiro atoms. The maximum atomic E-state index is 12.4. The number of aryl methyl sites for hydroxylation is 1. The second-order valence-electron chi connectivity index (χ2n) is 5.14. The zero-order valence-electron chi connectivity index (χ0n) is 12.1. The van der Waals surface area contributed by atoms with Gasteiger partial charge in [-0.1, -0.05) is 24.3 Å². The molecule has 1 heterocycles. The highest BCUT2D eigenvalue weighted by Gasteiger charge is 2.12. The lowest BCUT2D eigenvalue weighted by molar-refractivity contribution is -0.117. The van der Waals surface area contributed by atoms with Crippen LogP contribution in [0, 0.1) is 6.92 Å². The normalized spacial score (nSPS) is 10.8. The molecular formula is C17H17N3O. The number of nitrogens with zero attached hydrogens (tertiary/aromatic N) is 2. The van der Waals surface area contributed by atoms with Crippen molar-refractivity contribution in [1.82, 2.24) is 9.97 Å². The van der Waals surface area contributed by atoms with Crippen molar-refractivity contribution < 1.29 is 4.79 Å². The fourth-order valence-corrected chi connectivity index (χ4v) is 2.38. The lowest BCUT2D eigenvalue weighted by Gasteiger charge is -2.17. The standard InChI is InChI=1S/C17H17N3O/c1-12-18-15-9-8-13(10-16(15)19-12)11-17(21)20(2)14-6-4-3-5-7-14/h3-10H,11H2,1-2H3,(H,18,19). The van der Waals surface area contributed by atoms with E-state index in [0.29, 0.717) is 6.42 Å². The van der Waals surface area contributed by atoms with E-state index in [-0.39, 0.29) is 5.91 Å². The van der Waals surface area contributed by atoms with E-state index in [2.05, 4.69) is 9.97 Å². The maximum Gasteiger partial charge on any atom is 0.231 e. The maximum absolute atomic E-state index is 12.4. The van der Waals surface area contributed by atoms with Crippen molar-refractivity contribution in [2.75, 3.05) is 11.9 Å². The number of carbonyl (C=O) groups excluding carboxylic acids is 1. The van der Waals surface area contributed by atoms with Gasteiger partial charge in [0.1, 0.15) is 5.82 Å². The van der Waals surface area contributed by atoms with Crippen LogP contribution < -0.4 is 4.90 Å². The average Bonchev–Trinajstić information content (AvgIpc) is 2.86. The molecule has 1 N–H and O–H groups in total. The Hall–Kier alpha value is -2.62. The summed E-state index contributed by atoms with van der Waals surface area (Å²) in [6.07, 6.45) is 0.374. The minimum atomic E-state index is 0.0665. The molecule has 0 saturated carbocycles. The van der Waals surface area contributed by atoms with Gasteiger partial charge in [0.05, 0.1) is 17.5 Å². The summed E-state index contributed by atoms with van der Waals surface area (Å²) in [5.74, 6) is 0.951. The quantitative estimate of drug-likeness (QED) is 0.801. The Bertz CT molecular complexity index is 777. The van der Waals surface area contributed by atoms with Gasteiger partial charge in [-0.15, -0.1) is 0 Å². The molecule has 0 atom stereocenters. The Balaban J connectivity index is 1.79. The first-order valence-electron chi connectivity index (χ1n) is 6.90. The van der Waals surface area contributed by atoms with Crippen molar-refractivity contribution in [3.8, 4) is 0 Å². The molecule has 0 radical (unpaired) electrons. The Labute approximate surface area is 123 Å². The number of likely N-dealkylation sites (N-methyl/N-ethyl adjacent to an activating group) is 1. The molecule has 2 aromatic carbocycles. The molecule has 0 bridgehead atoms. The summed E-state index contributed by atoms with van der Waals surface area (Å²) < 4.78 is 0. The van der Waals surface area contributed by atoms with Crippen LogP contribution in [0.4, 0.5) is 5.69 Å². The lowest BCUT2D eigenvalue weighted by atomic mass is 10.1. The van der Waals surface area contributed by atoms with Crippen LogP contribution in [-0.4, -0.2) is 22.9 Å². The van der Waals surface area contributed by atoms with E-state index >= 15 is 0 Å². The van der Waals surface area contributed by atoms with Crippen molar-refractivity contribution in [2.45, 2.75) is 13.3 Å². The summed E-state index contributed by atoms with van der Waals surface area (Å²) in [6, 6.07) is 15.6. The van der Waals surface area contributed by atoms with Crippen LogP contribution in [0.25, 0.3) is 11.0 Å². The number of nitrogens with one attached hydrogen (secondary N) is 1. The van der Waals surface area contributed by atoms with Gasteiger partial charge in [-0.3, -0.25) is 4.79 Å². The van der Waals surface area contributed by atoms with Gasteiger partial charge in [0.2, 0.25) is 5.91 Å². The van der Waals surface area contributed by atoms with Gasteiger partial charge >= 0.3 is 0 Å². The van der Waals surface area contributed by atoms with E-state index in [1.54, 1.807) is 11.9 Å². The topological polar surface area (TPSA) is 49.0 Å². The van der Waals surface area contributed by atoms with E-state index < -0.39 is 0 Å². The van der Waals surface area contributed by atoms with E-state index in [4.69, 9.17) is 0 Å². The van der Waals surface area contributed by atoms with Crippen molar-refractivity contribution in [3.63, 3.8) is 0 Å². The van der Waals surface area contributed by atoms with Gasteiger partial charge < -0.3 is 9.88 Å². The number of para-hydroxylation sites is 1. The SMILES string of the molecule is Cc1nc2ccc(CC(=O)N(C)c3ccccc3)cc2[nH]1. The Kier molecular flexibility index (Phi) is 3.44. The lowest BCUT2D eigenvalue weighted by Crippen LogP contribution is -2.27. The van der Waals surface area contributed by atoms with Crippen LogP contribution in [-0.2, 0) is 11.2 Å². The Morgan fingerprint density at radius 1 is 1.19 bits per heavy atom. The molecule has 4 nitrogen and oxygen atoms in total. The number of rotatable bonds is 3. The predicted molar refractivity (Wildman–Crippen MR) is 84.4 cm³/mol. The van der Waals surface area contributed by atoms with Crippen LogP contribution in [0.15, 0.2) is 48.5 Å². The number of benzene rings is 2. The second kappa shape index (κ2) is 5.40. The van der Waals surface area contributed by atoms with Crippen molar-refractivity contribution in [2.24, 2.45) is 0 Å². The van der Waals surface area contributed by atoms with Gasteiger partial charge in [0.25, 0.3) is 0 Å². The van der Waals surface area contributed by atoms with Crippen LogP contribution in [0.2, 0.25) is 0 Å². The van der Waals surface area contributed by atoms with Crippen LogP contribution in [0.1, 0.15) is 11.4 Å². The Morgan fingerprint density at radius 2 is 1.95 bits per heavy atom. The summed E-state index contributed by atoms with van der Waals surface area (Å²) >= 11 is 0. The molecule has 0 aliphatic carbocycles. The number of hydrogen-bond donors (Lipinski definition) is 1. The van der Waals surface area contributed by atoms with Crippen LogP contribution in [0.3, 0.4) is 0 Å². The summed E-state index contributed by atoms with van der Waals surface area (Å²) in [5, 5.41) is 0. The van der Waals surface area contributed by atoms with E-state index in [1.807, 2.05) is 55.5 Å². The molecule has 1 amide bonds. The first-order valence-corrected chi connectivity index (χ1v) is 6.90. The molecule has 106 valence electrons. The molecule has 1 aromatic heterocycles. The smallest absolute Gasteiger partial charge is 0.231 e. The van der Waals surface area contributed by atoms with E-state index in [0.717, 1.165) is 28.1 Å². The number of H-pyrrole nitrogens is 1. The van der Waals surface area contributed by atoms with Gasteiger partial charge in [-0.2, -0.15) is 0 Å². The van der Waals surface area contributed by atoms with Gasteiger partial charge in [0.15, 0.2) is 0 Å². The minimum Gasteiger partial charge on any atom is -0.342 e. The largest absolute Gasteiger partial charge is 0.342 e. The zero-order chi connectivity index (χ0) is 14.8. The summed E-state index contributed by atoms with van der Waals surface area (Å²) in [7, 11) is 1.80. The summed E-state index contributed by atoms with van der Waals surface area (Å²) in [4.78, 5) is 21.6. The fraction of sp³-hybridized carbons (Fsp3) is 0.176. The minimum absolute atomic E-state index is 0.0665. The number of aromatic amines is 1. The highest BCUT2D eigenvalue weighted by molar-refractivity contribution is 5.94. The van der Waals surface area contributed by atoms with Crippen molar-refractivity contribution >= 4 is 22.6 Å². The predicted octanol–water partition coefficient (Wildman–Crippen LogP) is 3.08. The molecule has 0 fully saturated rings. The monoisotopic (exact) mass is 279 g/mol. The highest BCUT2D eigenvalue weighted by atomic mass is 16.2. The number of hydrogen-bond acceptors (Lipinski definition) is 2. The van der Waals surface area contributed by atoms with E-state index in [9.17, 15) is 4.79 Å². The van der Waals surface area contributed by atoms with Gasteiger partial charge in [-0.05, 0) is 36.8 Å². The highest BCUT2D eigenvalue weighted by Crippen LogP contribution is 2.16. The third kappa shape index (κ3) is 2.79. The van der Waals surface area contributed by atoms with Gasteiger partial charge in [-0.25, -0.2) is 4.98 Å². The van der Waals surface area contributed by atoms with Gasteiger partial charge in [0, 0.05) is 12.7 Å². The number of fused-ring (bicyclic) bond motifs is 1. The Morgan fingerprint density at radius 3 is 2.71 bits per heavy atom. The fourth-order valence-electron chi connectivity index (χ4n) is 2.38. The van der Waals surface area contributed by atoms with E-state index in [1.165, 1.54) is 0 Å². The first-order chi connectivity index (χ1) is 10.1. The number of anilines is 1. The molecular weight excluding hydrogens is 262 g/mol. The molecule has 4 heteroatoms. The third-order valence-corrected chi connectivity index (χ3v) is 3.54. The van der Waals surface area contributed by atoms with Crippen LogP contribution in [0.5, 0.6) is 0 Å². The first kappa shape index (κ1) is 13.4.